The lowest BCUT2D eigenvalue weighted by Crippen LogP contribution is -2.36. The summed E-state index contributed by atoms with van der Waals surface area (Å²) >= 11 is 0. The highest BCUT2D eigenvalue weighted by atomic mass is 16.5. The molecule has 1 aromatic rings. The molecule has 1 heterocycles. The Morgan fingerprint density at radius 3 is 2.24 bits per heavy atom. The highest BCUT2D eigenvalue weighted by Gasteiger charge is 2.40. The molecule has 0 amide bonds. The Morgan fingerprint density at radius 2 is 1.64 bits per heavy atom. The summed E-state index contributed by atoms with van der Waals surface area (Å²) in [6.07, 6.45) is 4.67. The molecular weight excluding hydrogens is 314 g/mol. The quantitative estimate of drug-likeness (QED) is 0.912. The van der Waals surface area contributed by atoms with Gasteiger partial charge in [-0.25, -0.2) is 0 Å². The third-order valence-electron chi connectivity index (χ3n) is 5.29. The van der Waals surface area contributed by atoms with E-state index in [2.05, 4.69) is 5.32 Å². The van der Waals surface area contributed by atoms with E-state index >= 15 is 0 Å². The molecule has 0 radical (unpaired) electrons. The number of ether oxygens (including phenoxy) is 1. The van der Waals surface area contributed by atoms with Crippen LogP contribution in [0.2, 0.25) is 0 Å². The Balaban J connectivity index is 1.87. The number of rotatable bonds is 3. The Bertz CT molecular complexity index is 761. The average molecular weight is 337 g/mol. The summed E-state index contributed by atoms with van der Waals surface area (Å²) in [6.45, 7) is 2.54. The number of hydrogen-bond acceptors (Lipinski definition) is 4. The Hall–Kier alpha value is -2.36. The third kappa shape index (κ3) is 2.80. The van der Waals surface area contributed by atoms with Crippen molar-refractivity contribution in [3.63, 3.8) is 0 Å². The molecule has 1 aromatic carbocycles. The predicted octanol–water partition coefficient (Wildman–Crippen LogP) is 3.79. The fraction of sp³-hybridized carbons (Fsp3) is 0.429. The molecule has 0 bridgehead atoms. The topological polar surface area (TPSA) is 55.4 Å². The van der Waals surface area contributed by atoms with E-state index in [9.17, 15) is 9.59 Å². The van der Waals surface area contributed by atoms with Crippen LogP contribution >= 0.6 is 0 Å². The van der Waals surface area contributed by atoms with Crippen molar-refractivity contribution in [3.8, 4) is 5.75 Å². The lowest BCUT2D eigenvalue weighted by molar-refractivity contribution is -0.116. The van der Waals surface area contributed by atoms with Crippen LogP contribution in [0.4, 0.5) is 0 Å². The Labute approximate surface area is 147 Å². The van der Waals surface area contributed by atoms with Gasteiger partial charge in [0.25, 0.3) is 0 Å². The smallest absolute Gasteiger partial charge is 0.161 e. The number of carbonyl (C=O) groups is 2. The van der Waals surface area contributed by atoms with Crippen molar-refractivity contribution >= 4 is 11.6 Å². The molecule has 4 rings (SSSR count). The van der Waals surface area contributed by atoms with Crippen molar-refractivity contribution in [1.29, 1.82) is 0 Å². The van der Waals surface area contributed by atoms with E-state index in [1.807, 2.05) is 31.2 Å². The lowest BCUT2D eigenvalue weighted by atomic mass is 9.71. The zero-order valence-corrected chi connectivity index (χ0v) is 14.6. The number of nitrogens with one attached hydrogen (secondary N) is 1. The molecule has 0 unspecified atom stereocenters. The molecule has 0 spiro atoms. The molecule has 0 aromatic heterocycles. The first kappa shape index (κ1) is 16.1. The van der Waals surface area contributed by atoms with Crippen molar-refractivity contribution < 1.29 is 14.3 Å². The van der Waals surface area contributed by atoms with Crippen LogP contribution in [-0.2, 0) is 9.59 Å². The number of hydrogen-bond donors (Lipinski definition) is 1. The first-order chi connectivity index (χ1) is 12.2. The lowest BCUT2D eigenvalue weighted by Gasteiger charge is -2.37. The van der Waals surface area contributed by atoms with Crippen LogP contribution in [0.25, 0.3) is 0 Å². The second-order valence-electron chi connectivity index (χ2n) is 6.90. The Morgan fingerprint density at radius 1 is 1.00 bits per heavy atom. The molecule has 0 atom stereocenters. The molecule has 4 nitrogen and oxygen atoms in total. The molecule has 25 heavy (non-hydrogen) atoms. The van der Waals surface area contributed by atoms with Gasteiger partial charge in [0.1, 0.15) is 5.75 Å². The molecule has 0 fully saturated rings. The largest absolute Gasteiger partial charge is 0.494 e. The minimum atomic E-state index is -0.243. The van der Waals surface area contributed by atoms with Crippen molar-refractivity contribution in [2.75, 3.05) is 6.61 Å². The second-order valence-corrected chi connectivity index (χ2v) is 6.90. The second kappa shape index (κ2) is 6.51. The summed E-state index contributed by atoms with van der Waals surface area (Å²) < 4.78 is 5.65. The average Bonchev–Trinajstić information content (AvgIpc) is 2.61. The van der Waals surface area contributed by atoms with E-state index in [0.717, 1.165) is 59.5 Å². The maximum atomic E-state index is 12.7. The normalized spacial score (nSPS) is 21.0. The van der Waals surface area contributed by atoms with Gasteiger partial charge >= 0.3 is 0 Å². The van der Waals surface area contributed by atoms with E-state index in [4.69, 9.17) is 4.74 Å². The first-order valence-corrected chi connectivity index (χ1v) is 9.21. The molecule has 3 aliphatic rings. The summed E-state index contributed by atoms with van der Waals surface area (Å²) in [5.74, 6) is 0.887. The molecule has 4 heteroatoms. The monoisotopic (exact) mass is 337 g/mol. The summed E-state index contributed by atoms with van der Waals surface area (Å²) in [4.78, 5) is 25.5. The maximum absolute atomic E-state index is 12.7. The molecular formula is C21H23NO3. The molecule has 0 saturated heterocycles. The number of ketones is 2. The van der Waals surface area contributed by atoms with E-state index in [-0.39, 0.29) is 17.5 Å². The zero-order valence-electron chi connectivity index (χ0n) is 14.6. The number of benzene rings is 1. The van der Waals surface area contributed by atoms with Gasteiger partial charge in [-0.3, -0.25) is 9.59 Å². The van der Waals surface area contributed by atoms with Crippen LogP contribution in [0.1, 0.15) is 56.9 Å². The maximum Gasteiger partial charge on any atom is 0.161 e. The highest BCUT2D eigenvalue weighted by molar-refractivity contribution is 6.06. The van der Waals surface area contributed by atoms with Crippen LogP contribution in [0, 0.1) is 0 Å². The van der Waals surface area contributed by atoms with Gasteiger partial charge in [0.2, 0.25) is 0 Å². The van der Waals surface area contributed by atoms with Crippen LogP contribution in [-0.4, -0.2) is 18.2 Å². The van der Waals surface area contributed by atoms with E-state index in [0.29, 0.717) is 19.4 Å². The van der Waals surface area contributed by atoms with Crippen LogP contribution in [0.15, 0.2) is 46.8 Å². The van der Waals surface area contributed by atoms with Gasteiger partial charge in [0, 0.05) is 41.3 Å². The molecule has 1 aliphatic heterocycles. The van der Waals surface area contributed by atoms with Gasteiger partial charge < -0.3 is 10.1 Å². The summed E-state index contributed by atoms with van der Waals surface area (Å²) in [6, 6.07) is 7.86. The van der Waals surface area contributed by atoms with Gasteiger partial charge in [-0.05, 0) is 50.3 Å². The Kier molecular flexibility index (Phi) is 4.20. The fourth-order valence-corrected chi connectivity index (χ4v) is 4.27. The van der Waals surface area contributed by atoms with Crippen LogP contribution in [0.3, 0.4) is 0 Å². The van der Waals surface area contributed by atoms with Crippen LogP contribution < -0.4 is 10.1 Å². The summed E-state index contributed by atoms with van der Waals surface area (Å²) in [7, 11) is 0. The first-order valence-electron chi connectivity index (χ1n) is 9.21. The van der Waals surface area contributed by atoms with Gasteiger partial charge in [0.15, 0.2) is 11.6 Å². The van der Waals surface area contributed by atoms with Crippen molar-refractivity contribution in [2.24, 2.45) is 0 Å². The minimum absolute atomic E-state index is 0.172. The molecule has 0 saturated carbocycles. The van der Waals surface area contributed by atoms with Crippen LogP contribution in [0.5, 0.6) is 5.75 Å². The van der Waals surface area contributed by atoms with Crippen molar-refractivity contribution in [3.05, 3.63) is 52.4 Å². The zero-order chi connectivity index (χ0) is 17.4. The van der Waals surface area contributed by atoms with E-state index < -0.39 is 0 Å². The molecule has 1 N–H and O–H groups in total. The fourth-order valence-electron chi connectivity index (χ4n) is 4.27. The number of allylic oxidation sites excluding steroid dienone is 4. The van der Waals surface area contributed by atoms with Crippen molar-refractivity contribution in [2.45, 2.75) is 51.4 Å². The van der Waals surface area contributed by atoms with Gasteiger partial charge in [-0.1, -0.05) is 12.1 Å². The van der Waals surface area contributed by atoms with Gasteiger partial charge in [0.05, 0.1) is 6.61 Å². The highest BCUT2D eigenvalue weighted by Crippen LogP contribution is 2.45. The minimum Gasteiger partial charge on any atom is -0.494 e. The summed E-state index contributed by atoms with van der Waals surface area (Å²) in [5.41, 5.74) is 4.63. The van der Waals surface area contributed by atoms with Gasteiger partial charge in [-0.2, -0.15) is 0 Å². The summed E-state index contributed by atoms with van der Waals surface area (Å²) in [5, 5.41) is 3.44. The van der Waals surface area contributed by atoms with Gasteiger partial charge in [-0.15, -0.1) is 0 Å². The van der Waals surface area contributed by atoms with Crippen molar-refractivity contribution in [1.82, 2.24) is 5.32 Å². The third-order valence-corrected chi connectivity index (χ3v) is 5.29. The number of dihydropyridines is 1. The number of Topliss-reactive ketones (excluding diaryl/α,β-unsaturated/α-hetero) is 2. The SMILES string of the molecule is CCOc1cccc(C2C3=C(CCCC3=O)NC3=C2C(=O)CCC3)c1. The predicted molar refractivity (Wildman–Crippen MR) is 95.3 cm³/mol. The molecule has 2 aliphatic carbocycles. The van der Waals surface area contributed by atoms with E-state index in [1.54, 1.807) is 0 Å². The molecule has 130 valence electrons. The van der Waals surface area contributed by atoms with E-state index in [1.165, 1.54) is 0 Å². The number of carbonyl (C=O) groups excluding carboxylic acids is 2. The standard InChI is InChI=1S/C21H23NO3/c1-2-25-14-7-3-6-13(12-14)19-20-15(8-4-10-17(20)23)22-16-9-5-11-18(24)21(16)19/h3,6-7,12,19,22H,2,4-5,8-11H2,1H3.